The number of hydrogen-bond donors (Lipinski definition) is 1. The van der Waals surface area contributed by atoms with E-state index in [0.29, 0.717) is 27.8 Å². The molecule has 0 saturated carbocycles. The van der Waals surface area contributed by atoms with Gasteiger partial charge >= 0.3 is 0 Å². The molecule has 1 aromatic heterocycles. The van der Waals surface area contributed by atoms with Crippen LogP contribution in [0.15, 0.2) is 42.6 Å². The average molecular weight is 350 g/mol. The van der Waals surface area contributed by atoms with Crippen LogP contribution in [0.4, 0.5) is 11.5 Å². The smallest absolute Gasteiger partial charge is 0.257 e. The Morgan fingerprint density at radius 3 is 2.65 bits per heavy atom. The van der Waals surface area contributed by atoms with Gasteiger partial charge in [-0.05, 0) is 30.3 Å². The van der Waals surface area contributed by atoms with Crippen molar-refractivity contribution in [1.29, 1.82) is 0 Å². The Kier molecular flexibility index (Phi) is 4.93. The zero-order chi connectivity index (χ0) is 16.2. The Morgan fingerprint density at radius 2 is 2.00 bits per heavy atom. The maximum atomic E-state index is 12.2. The summed E-state index contributed by atoms with van der Waals surface area (Å²) in [5.74, 6) is 1.91. The lowest BCUT2D eigenvalue weighted by molar-refractivity contribution is 0.102. The van der Waals surface area contributed by atoms with Crippen molar-refractivity contribution in [2.75, 3.05) is 34.8 Å². The Labute approximate surface area is 142 Å². The van der Waals surface area contributed by atoms with E-state index in [-0.39, 0.29) is 5.91 Å². The van der Waals surface area contributed by atoms with Gasteiger partial charge in [-0.2, -0.15) is 0 Å². The van der Waals surface area contributed by atoms with Crippen LogP contribution in [0.2, 0.25) is 5.02 Å². The van der Waals surface area contributed by atoms with Crippen molar-refractivity contribution in [3.8, 4) is 0 Å². The summed E-state index contributed by atoms with van der Waals surface area (Å²) in [6.45, 7) is 1.46. The van der Waals surface area contributed by atoms with Gasteiger partial charge in [-0.15, -0.1) is 0 Å². The molecule has 0 spiro atoms. The molecule has 1 fully saturated rings. The molecule has 0 radical (unpaired) electrons. The van der Waals surface area contributed by atoms with Crippen LogP contribution in [-0.4, -0.2) is 39.7 Å². The number of pyridine rings is 1. The molecule has 5 nitrogen and oxygen atoms in total. The normalized spacial score (nSPS) is 15.4. The third-order valence-electron chi connectivity index (χ3n) is 3.59. The predicted molar refractivity (Wildman–Crippen MR) is 93.7 cm³/mol. The lowest BCUT2D eigenvalue weighted by Gasteiger charge is -2.27. The van der Waals surface area contributed by atoms with E-state index in [1.165, 1.54) is 0 Å². The van der Waals surface area contributed by atoms with Crippen molar-refractivity contribution >= 4 is 39.8 Å². The van der Waals surface area contributed by atoms with Crippen LogP contribution in [0.25, 0.3) is 0 Å². The molecule has 120 valence electrons. The van der Waals surface area contributed by atoms with Crippen LogP contribution in [0.3, 0.4) is 0 Å². The van der Waals surface area contributed by atoms with Gasteiger partial charge in [0.15, 0.2) is 0 Å². The van der Waals surface area contributed by atoms with Crippen molar-refractivity contribution in [2.24, 2.45) is 0 Å². The first kappa shape index (κ1) is 16.0. The highest BCUT2D eigenvalue weighted by atomic mass is 35.5. The first-order valence-electron chi connectivity index (χ1n) is 7.25. The van der Waals surface area contributed by atoms with Gasteiger partial charge in [-0.1, -0.05) is 17.7 Å². The van der Waals surface area contributed by atoms with Crippen molar-refractivity contribution in [2.45, 2.75) is 0 Å². The van der Waals surface area contributed by atoms with Crippen LogP contribution in [0, 0.1) is 0 Å². The Hall–Kier alpha value is -1.92. The number of nitrogens with zero attached hydrogens (tertiary/aromatic N) is 2. The highest BCUT2D eigenvalue weighted by Crippen LogP contribution is 2.17. The Balaban J connectivity index is 1.67. The topological polar surface area (TPSA) is 62.3 Å². The largest absolute Gasteiger partial charge is 0.355 e. The minimum absolute atomic E-state index is 0.230. The molecule has 1 aliphatic heterocycles. The van der Waals surface area contributed by atoms with Gasteiger partial charge in [-0.25, -0.2) is 4.98 Å². The standard InChI is InChI=1S/C16H16ClN3O2S/c17-13-2-1-3-14(10-13)19-16(21)12-4-5-15(18-11-12)20-6-8-23(22)9-7-20/h1-5,10-11H,6-9H2,(H,19,21). The van der Waals surface area contributed by atoms with Gasteiger partial charge in [0.05, 0.1) is 5.56 Å². The number of hydrogen-bond acceptors (Lipinski definition) is 4. The molecule has 0 atom stereocenters. The third kappa shape index (κ3) is 4.09. The highest BCUT2D eigenvalue weighted by Gasteiger charge is 2.17. The molecule has 0 unspecified atom stereocenters. The predicted octanol–water partition coefficient (Wildman–Crippen LogP) is 2.56. The number of carbonyl (C=O) groups is 1. The second-order valence-corrected chi connectivity index (χ2v) is 7.34. The Bertz CT molecular complexity index is 726. The van der Waals surface area contributed by atoms with E-state index in [9.17, 15) is 9.00 Å². The zero-order valence-corrected chi connectivity index (χ0v) is 13.9. The van der Waals surface area contributed by atoms with Gasteiger partial charge in [0, 0.05) is 52.3 Å². The molecule has 1 saturated heterocycles. The number of amides is 1. The van der Waals surface area contributed by atoms with Gasteiger partial charge in [-0.3, -0.25) is 9.00 Å². The van der Waals surface area contributed by atoms with E-state index in [1.54, 1.807) is 36.5 Å². The molecule has 23 heavy (non-hydrogen) atoms. The molecule has 2 heterocycles. The molecule has 3 rings (SSSR count). The number of carbonyl (C=O) groups excluding carboxylic acids is 1. The van der Waals surface area contributed by atoms with Crippen molar-refractivity contribution in [3.05, 3.63) is 53.2 Å². The van der Waals surface area contributed by atoms with E-state index in [4.69, 9.17) is 11.6 Å². The molecular weight excluding hydrogens is 334 g/mol. The summed E-state index contributed by atoms with van der Waals surface area (Å²) in [4.78, 5) is 18.6. The summed E-state index contributed by atoms with van der Waals surface area (Å²) in [6, 6.07) is 10.6. The number of nitrogens with one attached hydrogen (secondary N) is 1. The fraction of sp³-hybridized carbons (Fsp3) is 0.250. The first-order chi connectivity index (χ1) is 11.1. The highest BCUT2D eigenvalue weighted by molar-refractivity contribution is 7.85. The number of benzene rings is 1. The molecule has 0 bridgehead atoms. The number of aromatic nitrogens is 1. The summed E-state index contributed by atoms with van der Waals surface area (Å²) in [5.41, 5.74) is 1.12. The van der Waals surface area contributed by atoms with Crippen LogP contribution in [-0.2, 0) is 10.8 Å². The third-order valence-corrected chi connectivity index (χ3v) is 5.11. The Morgan fingerprint density at radius 1 is 1.22 bits per heavy atom. The second kappa shape index (κ2) is 7.10. The minimum Gasteiger partial charge on any atom is -0.355 e. The molecule has 1 aliphatic rings. The van der Waals surface area contributed by atoms with Crippen molar-refractivity contribution < 1.29 is 9.00 Å². The molecule has 1 N–H and O–H groups in total. The van der Waals surface area contributed by atoms with Gasteiger partial charge < -0.3 is 10.2 Å². The molecule has 1 aromatic carbocycles. The molecule has 7 heteroatoms. The van der Waals surface area contributed by atoms with Crippen LogP contribution in [0.1, 0.15) is 10.4 Å². The van der Waals surface area contributed by atoms with Gasteiger partial charge in [0.1, 0.15) is 5.82 Å². The first-order valence-corrected chi connectivity index (χ1v) is 9.11. The maximum absolute atomic E-state index is 12.2. The monoisotopic (exact) mass is 349 g/mol. The van der Waals surface area contributed by atoms with Gasteiger partial charge in [0.25, 0.3) is 5.91 Å². The van der Waals surface area contributed by atoms with E-state index in [0.717, 1.165) is 18.9 Å². The quantitative estimate of drug-likeness (QED) is 0.925. The van der Waals surface area contributed by atoms with E-state index in [1.807, 2.05) is 6.07 Å². The second-order valence-electron chi connectivity index (χ2n) is 5.20. The van der Waals surface area contributed by atoms with Crippen LogP contribution in [0.5, 0.6) is 0 Å². The number of rotatable bonds is 3. The van der Waals surface area contributed by atoms with E-state index < -0.39 is 10.8 Å². The lowest BCUT2D eigenvalue weighted by atomic mass is 10.2. The SMILES string of the molecule is O=C(Nc1cccc(Cl)c1)c1ccc(N2CCS(=O)CC2)nc1. The molecular formula is C16H16ClN3O2S. The fourth-order valence-corrected chi connectivity index (χ4v) is 3.59. The summed E-state index contributed by atoms with van der Waals surface area (Å²) >= 11 is 5.90. The van der Waals surface area contributed by atoms with Crippen molar-refractivity contribution in [3.63, 3.8) is 0 Å². The van der Waals surface area contributed by atoms with Crippen LogP contribution >= 0.6 is 11.6 Å². The molecule has 2 aromatic rings. The summed E-state index contributed by atoms with van der Waals surface area (Å²) in [5, 5.41) is 3.35. The van der Waals surface area contributed by atoms with E-state index in [2.05, 4.69) is 15.2 Å². The van der Waals surface area contributed by atoms with Crippen LogP contribution < -0.4 is 10.2 Å². The maximum Gasteiger partial charge on any atom is 0.257 e. The average Bonchev–Trinajstić information content (AvgIpc) is 2.56. The molecule has 0 aliphatic carbocycles. The minimum atomic E-state index is -0.715. The van der Waals surface area contributed by atoms with E-state index >= 15 is 0 Å². The zero-order valence-electron chi connectivity index (χ0n) is 12.4. The summed E-state index contributed by atoms with van der Waals surface area (Å²) in [7, 11) is -0.715. The van der Waals surface area contributed by atoms with Crippen molar-refractivity contribution in [1.82, 2.24) is 4.98 Å². The number of halogens is 1. The number of anilines is 2. The molecule has 1 amide bonds. The van der Waals surface area contributed by atoms with Gasteiger partial charge in [0.2, 0.25) is 0 Å². The summed E-state index contributed by atoms with van der Waals surface area (Å²) in [6.07, 6.45) is 1.56. The fourth-order valence-electron chi connectivity index (χ4n) is 2.34. The lowest BCUT2D eigenvalue weighted by Crippen LogP contribution is -2.38. The summed E-state index contributed by atoms with van der Waals surface area (Å²) < 4.78 is 11.4.